The fraction of sp³-hybridized carbons (Fsp3) is 0.529. The zero-order valence-electron chi connectivity index (χ0n) is 13.4. The van der Waals surface area contributed by atoms with E-state index in [-0.39, 0.29) is 18.2 Å². The first kappa shape index (κ1) is 17.3. The lowest BCUT2D eigenvalue weighted by atomic mass is 9.93. The molecule has 0 atom stereocenters. The molecule has 1 aliphatic heterocycles. The van der Waals surface area contributed by atoms with Crippen molar-refractivity contribution in [3.05, 3.63) is 29.8 Å². The van der Waals surface area contributed by atoms with Gasteiger partial charge in [-0.25, -0.2) is 0 Å². The SMILES string of the molecule is COCCOc1ccc(C(=O)N2CCC(CC(=O)O)CC2)cc1. The summed E-state index contributed by atoms with van der Waals surface area (Å²) in [7, 11) is 1.62. The highest BCUT2D eigenvalue weighted by molar-refractivity contribution is 5.94. The standard InChI is InChI=1S/C17H23NO5/c1-22-10-11-23-15-4-2-14(3-5-15)17(21)18-8-6-13(7-9-18)12-16(19)20/h2-5,13H,6-12H2,1H3,(H,19,20). The molecule has 1 amide bonds. The Morgan fingerprint density at radius 1 is 1.17 bits per heavy atom. The van der Waals surface area contributed by atoms with Gasteiger partial charge in [-0.15, -0.1) is 0 Å². The van der Waals surface area contributed by atoms with Crippen molar-refractivity contribution in [1.29, 1.82) is 0 Å². The van der Waals surface area contributed by atoms with Crippen LogP contribution in [-0.4, -0.2) is 55.3 Å². The smallest absolute Gasteiger partial charge is 0.303 e. The lowest BCUT2D eigenvalue weighted by molar-refractivity contribution is -0.138. The van der Waals surface area contributed by atoms with Crippen molar-refractivity contribution in [2.24, 2.45) is 5.92 Å². The van der Waals surface area contributed by atoms with E-state index in [0.717, 1.165) is 12.8 Å². The molecular weight excluding hydrogens is 298 g/mol. The number of carbonyl (C=O) groups is 2. The van der Waals surface area contributed by atoms with Gasteiger partial charge in [-0.1, -0.05) is 0 Å². The summed E-state index contributed by atoms with van der Waals surface area (Å²) in [5.41, 5.74) is 0.626. The van der Waals surface area contributed by atoms with E-state index in [9.17, 15) is 9.59 Å². The number of amides is 1. The van der Waals surface area contributed by atoms with Gasteiger partial charge in [-0.05, 0) is 43.0 Å². The highest BCUT2D eigenvalue weighted by Crippen LogP contribution is 2.22. The lowest BCUT2D eigenvalue weighted by Gasteiger charge is -2.31. The minimum atomic E-state index is -0.765. The van der Waals surface area contributed by atoms with E-state index in [4.69, 9.17) is 14.6 Å². The van der Waals surface area contributed by atoms with Gasteiger partial charge in [0.2, 0.25) is 0 Å². The Morgan fingerprint density at radius 3 is 2.39 bits per heavy atom. The summed E-state index contributed by atoms with van der Waals surface area (Å²) in [6, 6.07) is 7.07. The Morgan fingerprint density at radius 2 is 1.83 bits per heavy atom. The van der Waals surface area contributed by atoms with E-state index in [1.165, 1.54) is 0 Å². The second-order valence-electron chi connectivity index (χ2n) is 5.70. The molecule has 1 aliphatic rings. The molecule has 1 fully saturated rings. The second-order valence-corrected chi connectivity index (χ2v) is 5.70. The molecular formula is C17H23NO5. The van der Waals surface area contributed by atoms with E-state index in [1.807, 2.05) is 0 Å². The van der Waals surface area contributed by atoms with E-state index in [2.05, 4.69) is 0 Å². The summed E-state index contributed by atoms with van der Waals surface area (Å²) in [6.45, 7) is 2.22. The first-order valence-corrected chi connectivity index (χ1v) is 7.83. The highest BCUT2D eigenvalue weighted by Gasteiger charge is 2.24. The summed E-state index contributed by atoms with van der Waals surface area (Å²) in [5, 5.41) is 8.82. The van der Waals surface area contributed by atoms with Crippen LogP contribution in [0.3, 0.4) is 0 Å². The molecule has 0 radical (unpaired) electrons. The monoisotopic (exact) mass is 321 g/mol. The quantitative estimate of drug-likeness (QED) is 0.778. The van der Waals surface area contributed by atoms with Crippen LogP contribution in [0.4, 0.5) is 0 Å². The fourth-order valence-electron chi connectivity index (χ4n) is 2.71. The van der Waals surface area contributed by atoms with Crippen molar-refractivity contribution in [2.75, 3.05) is 33.4 Å². The Hall–Kier alpha value is -2.08. The Bertz CT molecular complexity index is 520. The van der Waals surface area contributed by atoms with Crippen LogP contribution in [0.2, 0.25) is 0 Å². The maximum Gasteiger partial charge on any atom is 0.303 e. The summed E-state index contributed by atoms with van der Waals surface area (Å²) in [4.78, 5) is 25.0. The molecule has 23 heavy (non-hydrogen) atoms. The minimum Gasteiger partial charge on any atom is -0.491 e. The number of aliphatic carboxylic acids is 1. The molecule has 0 unspecified atom stereocenters. The number of hydrogen-bond donors (Lipinski definition) is 1. The zero-order chi connectivity index (χ0) is 16.7. The summed E-state index contributed by atoms with van der Waals surface area (Å²) >= 11 is 0. The molecule has 0 spiro atoms. The molecule has 6 nitrogen and oxygen atoms in total. The van der Waals surface area contributed by atoms with Gasteiger partial charge in [-0.2, -0.15) is 0 Å². The summed E-state index contributed by atoms with van der Waals surface area (Å²) in [6.07, 6.45) is 1.68. The average molecular weight is 321 g/mol. The number of nitrogens with zero attached hydrogens (tertiary/aromatic N) is 1. The number of hydrogen-bond acceptors (Lipinski definition) is 4. The van der Waals surface area contributed by atoms with Gasteiger partial charge in [0.1, 0.15) is 12.4 Å². The van der Waals surface area contributed by atoms with Crippen LogP contribution in [0.1, 0.15) is 29.6 Å². The van der Waals surface area contributed by atoms with Gasteiger partial charge >= 0.3 is 5.97 Å². The molecule has 6 heteroatoms. The third kappa shape index (κ3) is 5.25. The number of piperidine rings is 1. The van der Waals surface area contributed by atoms with Crippen LogP contribution in [0.25, 0.3) is 0 Å². The number of likely N-dealkylation sites (tertiary alicyclic amines) is 1. The van der Waals surface area contributed by atoms with Crippen molar-refractivity contribution < 1.29 is 24.2 Å². The molecule has 2 rings (SSSR count). The number of benzene rings is 1. The molecule has 0 saturated carbocycles. The van der Waals surface area contributed by atoms with Crippen LogP contribution in [0, 0.1) is 5.92 Å². The number of rotatable bonds is 7. The van der Waals surface area contributed by atoms with Crippen LogP contribution in [0.15, 0.2) is 24.3 Å². The van der Waals surface area contributed by atoms with E-state index in [1.54, 1.807) is 36.3 Å². The molecule has 0 aliphatic carbocycles. The fourth-order valence-corrected chi connectivity index (χ4v) is 2.71. The van der Waals surface area contributed by atoms with Crippen molar-refractivity contribution >= 4 is 11.9 Å². The van der Waals surface area contributed by atoms with Gasteiger partial charge in [0.05, 0.1) is 6.61 Å². The Labute approximate surface area is 136 Å². The van der Waals surface area contributed by atoms with Crippen molar-refractivity contribution in [3.63, 3.8) is 0 Å². The van der Waals surface area contributed by atoms with Crippen molar-refractivity contribution in [3.8, 4) is 5.75 Å². The Kier molecular flexibility index (Phi) is 6.40. The third-order valence-corrected chi connectivity index (χ3v) is 4.02. The third-order valence-electron chi connectivity index (χ3n) is 4.02. The summed E-state index contributed by atoms with van der Waals surface area (Å²) in [5.74, 6) is 0.105. The first-order valence-electron chi connectivity index (χ1n) is 7.83. The molecule has 0 aromatic heterocycles. The van der Waals surface area contributed by atoms with E-state index in [0.29, 0.717) is 37.6 Å². The lowest BCUT2D eigenvalue weighted by Crippen LogP contribution is -2.38. The first-order chi connectivity index (χ1) is 11.1. The Balaban J connectivity index is 1.85. The maximum atomic E-state index is 12.4. The van der Waals surface area contributed by atoms with E-state index >= 15 is 0 Å². The number of methoxy groups -OCH3 is 1. The molecule has 1 saturated heterocycles. The predicted molar refractivity (Wildman–Crippen MR) is 84.7 cm³/mol. The van der Waals surface area contributed by atoms with Crippen LogP contribution in [0.5, 0.6) is 5.75 Å². The highest BCUT2D eigenvalue weighted by atomic mass is 16.5. The zero-order valence-corrected chi connectivity index (χ0v) is 13.4. The van der Waals surface area contributed by atoms with Crippen molar-refractivity contribution in [2.45, 2.75) is 19.3 Å². The average Bonchev–Trinajstić information content (AvgIpc) is 2.55. The number of ether oxygens (including phenoxy) is 2. The molecule has 1 N–H and O–H groups in total. The van der Waals surface area contributed by atoms with Gasteiger partial charge in [0.15, 0.2) is 0 Å². The van der Waals surface area contributed by atoms with Gasteiger partial charge in [-0.3, -0.25) is 9.59 Å². The minimum absolute atomic E-state index is 0.0118. The normalized spacial score (nSPS) is 15.4. The topological polar surface area (TPSA) is 76.1 Å². The van der Waals surface area contributed by atoms with Crippen LogP contribution >= 0.6 is 0 Å². The van der Waals surface area contributed by atoms with Gasteiger partial charge in [0, 0.05) is 32.2 Å². The van der Waals surface area contributed by atoms with Gasteiger partial charge in [0.25, 0.3) is 5.91 Å². The van der Waals surface area contributed by atoms with Crippen molar-refractivity contribution in [1.82, 2.24) is 4.90 Å². The second kappa shape index (κ2) is 8.53. The number of carboxylic acid groups (broad SMARTS) is 1. The number of carboxylic acids is 1. The molecule has 1 heterocycles. The maximum absolute atomic E-state index is 12.4. The number of carbonyl (C=O) groups excluding carboxylic acids is 1. The van der Waals surface area contributed by atoms with Gasteiger partial charge < -0.3 is 19.5 Å². The predicted octanol–water partition coefficient (Wildman–Crippen LogP) is 2.04. The van der Waals surface area contributed by atoms with E-state index < -0.39 is 5.97 Å². The molecule has 1 aromatic carbocycles. The molecule has 1 aromatic rings. The molecule has 0 bridgehead atoms. The van der Waals surface area contributed by atoms with Crippen LogP contribution in [-0.2, 0) is 9.53 Å². The largest absolute Gasteiger partial charge is 0.491 e. The molecule has 126 valence electrons. The summed E-state index contributed by atoms with van der Waals surface area (Å²) < 4.78 is 10.4. The van der Waals surface area contributed by atoms with Crippen LogP contribution < -0.4 is 4.74 Å².